The van der Waals surface area contributed by atoms with E-state index in [1.54, 1.807) is 83.1 Å². The molecule has 0 fully saturated rings. The molecular weight excluding hydrogens is 692 g/mol. The zero-order valence-corrected chi connectivity index (χ0v) is 32.6. The Morgan fingerprint density at radius 2 is 0.383 bits per heavy atom. The van der Waals surface area contributed by atoms with Crippen LogP contribution in [0.15, 0.2) is 0 Å². The molecule has 0 spiro atoms. The number of hydrogen-bond donors (Lipinski definition) is 0. The van der Waals surface area contributed by atoms with Crippen LogP contribution in [0.4, 0.5) is 0 Å². The Bertz CT molecular complexity index is 822. The van der Waals surface area contributed by atoms with Crippen molar-refractivity contribution in [3.63, 3.8) is 0 Å². The normalized spacial score (nSPS) is 12.0. The third kappa shape index (κ3) is 23.0. The van der Waals surface area contributed by atoms with Gasteiger partial charge in [0, 0.05) is 68.3 Å². The van der Waals surface area contributed by atoms with Gasteiger partial charge in [0.2, 0.25) is 0 Å². The van der Waals surface area contributed by atoms with E-state index in [1.165, 1.54) is 0 Å². The van der Waals surface area contributed by atoms with E-state index >= 15 is 0 Å². The monoisotopic (exact) mass is 746 g/mol. The van der Waals surface area contributed by atoms with E-state index in [0.717, 1.165) is 0 Å². The van der Waals surface area contributed by atoms with Gasteiger partial charge in [0.1, 0.15) is 0 Å². The van der Waals surface area contributed by atoms with Crippen molar-refractivity contribution < 1.29 is 94.1 Å². The number of carboxylic acids is 6. The summed E-state index contributed by atoms with van der Waals surface area (Å²) in [4.78, 5) is 64.0. The van der Waals surface area contributed by atoms with Gasteiger partial charge in [0.05, 0.1) is 0 Å². The Hall–Kier alpha value is -2.12. The van der Waals surface area contributed by atoms with Crippen molar-refractivity contribution >= 4 is 35.8 Å². The number of carboxylic acid groups (broad SMARTS) is 6. The number of carbonyl (C=O) groups is 6. The van der Waals surface area contributed by atoms with Gasteiger partial charge >= 0.3 is 34.7 Å². The number of carbonyl (C=O) groups excluding carboxylic acids is 6. The molecule has 0 saturated heterocycles. The third-order valence-corrected chi connectivity index (χ3v) is 8.13. The van der Waals surface area contributed by atoms with Gasteiger partial charge in [-0.2, -0.15) is 0 Å². The third-order valence-electron chi connectivity index (χ3n) is 8.13. The molecule has 0 aliphatic rings. The zero-order chi connectivity index (χ0) is 36.8. The van der Waals surface area contributed by atoms with Crippen molar-refractivity contribution in [3.05, 3.63) is 0 Å². The molecule has 12 nitrogen and oxygen atoms in total. The molecule has 0 N–H and O–H groups in total. The summed E-state index contributed by atoms with van der Waals surface area (Å²) in [6.07, 6.45) is 4.04. The standard InChI is InChI=1S/3C11H20O4.2Cr/c3*1-10(2,8(12)13)6-5-7-11(3,4)9(14)15;;/h3*5-7H2,1-4H3,(H,12,13)(H,14,15);;/q;;;2*+3/p-6. The van der Waals surface area contributed by atoms with Gasteiger partial charge in [-0.15, -0.1) is 0 Å². The summed E-state index contributed by atoms with van der Waals surface area (Å²) in [5.41, 5.74) is -5.40. The fourth-order valence-electron chi connectivity index (χ4n) is 3.53. The molecule has 0 heterocycles. The first-order chi connectivity index (χ1) is 19.8. The molecule has 2 radical (unpaired) electrons. The Balaban J connectivity index is -0.000000184. The average Bonchev–Trinajstić information content (AvgIpc) is 2.83. The van der Waals surface area contributed by atoms with Crippen molar-refractivity contribution in [3.8, 4) is 0 Å². The molecule has 0 saturated carbocycles. The van der Waals surface area contributed by atoms with E-state index in [1.807, 2.05) is 0 Å². The van der Waals surface area contributed by atoms with Crippen LogP contribution in [0.25, 0.3) is 0 Å². The maximum atomic E-state index is 10.7. The first-order valence-electron chi connectivity index (χ1n) is 15.1. The van der Waals surface area contributed by atoms with Gasteiger partial charge in [-0.1, -0.05) is 102 Å². The molecule has 0 aromatic rings. The van der Waals surface area contributed by atoms with Gasteiger partial charge < -0.3 is 59.4 Å². The van der Waals surface area contributed by atoms with Crippen LogP contribution in [0.5, 0.6) is 0 Å². The van der Waals surface area contributed by atoms with Crippen LogP contribution < -0.4 is 30.6 Å². The topological polar surface area (TPSA) is 241 Å². The largest absolute Gasteiger partial charge is 3.00 e. The molecule has 0 aliphatic heterocycles. The minimum absolute atomic E-state index is 0. The summed E-state index contributed by atoms with van der Waals surface area (Å²) >= 11 is 0. The van der Waals surface area contributed by atoms with E-state index in [0.29, 0.717) is 57.8 Å². The molecule has 47 heavy (non-hydrogen) atoms. The van der Waals surface area contributed by atoms with Crippen LogP contribution in [0, 0.1) is 32.5 Å². The zero-order valence-electron chi connectivity index (χ0n) is 30.1. The number of aliphatic carboxylic acids is 6. The molecule has 0 aliphatic carbocycles. The second kappa shape index (κ2) is 21.8. The Morgan fingerprint density at radius 3 is 0.447 bits per heavy atom. The van der Waals surface area contributed by atoms with Gasteiger partial charge in [-0.3, -0.25) is 0 Å². The molecule has 0 amide bonds. The van der Waals surface area contributed by atoms with Crippen molar-refractivity contribution in [2.75, 3.05) is 0 Å². The van der Waals surface area contributed by atoms with Gasteiger partial charge in [0.15, 0.2) is 0 Å². The van der Waals surface area contributed by atoms with E-state index in [9.17, 15) is 59.4 Å². The van der Waals surface area contributed by atoms with Crippen LogP contribution in [0.3, 0.4) is 0 Å². The molecule has 0 rings (SSSR count). The SMILES string of the molecule is CC(C)(CCCC(C)(C)C(=O)[O-])C(=O)[O-].CC(C)(CCCC(C)(C)C(=O)[O-])C(=O)[O-].CC(C)(CCCC(C)(C)C(=O)[O-])C(=O)[O-].[Cr+3].[Cr+3]. The molecule has 14 heteroatoms. The predicted molar refractivity (Wildman–Crippen MR) is 154 cm³/mol. The summed E-state index contributed by atoms with van der Waals surface area (Å²) in [6, 6.07) is 0. The molecule has 0 aromatic carbocycles. The number of hydrogen-bond acceptors (Lipinski definition) is 12. The van der Waals surface area contributed by atoms with Gasteiger partial charge in [0.25, 0.3) is 0 Å². The Kier molecular flexibility index (Phi) is 25.2. The Labute approximate surface area is 302 Å². The summed E-state index contributed by atoms with van der Waals surface area (Å²) in [6.45, 7) is 18.9. The van der Waals surface area contributed by atoms with Crippen molar-refractivity contribution in [2.24, 2.45) is 32.5 Å². The van der Waals surface area contributed by atoms with Crippen molar-refractivity contribution in [1.82, 2.24) is 0 Å². The van der Waals surface area contributed by atoms with Crippen LogP contribution in [0.2, 0.25) is 0 Å². The predicted octanol–water partition coefficient (Wildman–Crippen LogP) is -0.878. The smallest absolute Gasteiger partial charge is 0.550 e. The molecule has 270 valence electrons. The molecule has 0 bridgehead atoms. The maximum absolute atomic E-state index is 10.7. The molecular formula is C33H54Cr2O12. The quantitative estimate of drug-likeness (QED) is 0.166. The Morgan fingerprint density at radius 1 is 0.298 bits per heavy atom. The van der Waals surface area contributed by atoms with Crippen molar-refractivity contribution in [1.29, 1.82) is 0 Å². The fraction of sp³-hybridized carbons (Fsp3) is 0.818. The first kappa shape index (κ1) is 54.3. The van der Waals surface area contributed by atoms with Crippen LogP contribution in [-0.4, -0.2) is 35.8 Å². The number of rotatable bonds is 18. The van der Waals surface area contributed by atoms with E-state index in [-0.39, 0.29) is 34.7 Å². The molecule has 0 aromatic heterocycles. The minimum Gasteiger partial charge on any atom is -0.550 e. The first-order valence-corrected chi connectivity index (χ1v) is 15.1. The van der Waals surface area contributed by atoms with Crippen molar-refractivity contribution in [2.45, 2.75) is 141 Å². The van der Waals surface area contributed by atoms with Crippen LogP contribution in [-0.2, 0) is 63.5 Å². The van der Waals surface area contributed by atoms with Crippen LogP contribution >= 0.6 is 0 Å². The summed E-state index contributed by atoms with van der Waals surface area (Å²) in [5, 5.41) is 64.0. The second-order valence-electron chi connectivity index (χ2n) is 15.6. The maximum Gasteiger partial charge on any atom is 3.00 e. The molecule has 0 unspecified atom stereocenters. The van der Waals surface area contributed by atoms with Crippen LogP contribution in [0.1, 0.15) is 141 Å². The average molecular weight is 747 g/mol. The molecule has 0 atom stereocenters. The van der Waals surface area contributed by atoms with E-state index in [4.69, 9.17) is 0 Å². The minimum atomic E-state index is -1.10. The second-order valence-corrected chi connectivity index (χ2v) is 15.6. The summed E-state index contributed by atoms with van der Waals surface area (Å²) in [7, 11) is 0. The van der Waals surface area contributed by atoms with Gasteiger partial charge in [-0.25, -0.2) is 0 Å². The van der Waals surface area contributed by atoms with E-state index < -0.39 is 68.3 Å². The fourth-order valence-corrected chi connectivity index (χ4v) is 3.53. The summed E-state index contributed by atoms with van der Waals surface area (Å²) < 4.78 is 0. The van der Waals surface area contributed by atoms with Gasteiger partial charge in [-0.05, 0) is 38.5 Å². The van der Waals surface area contributed by atoms with E-state index in [2.05, 4.69) is 0 Å². The summed E-state index contributed by atoms with van der Waals surface area (Å²) in [5.74, 6) is -6.62.